The van der Waals surface area contributed by atoms with Gasteiger partial charge in [-0.3, -0.25) is 4.40 Å². The molecule has 1 aliphatic carbocycles. The Morgan fingerprint density at radius 2 is 2.11 bits per heavy atom. The Bertz CT molecular complexity index is 758. The third-order valence-corrected chi connectivity index (χ3v) is 4.76. The van der Waals surface area contributed by atoms with Crippen molar-refractivity contribution in [3.05, 3.63) is 29.0 Å². The summed E-state index contributed by atoms with van der Waals surface area (Å²) in [4.78, 5) is 5.56. The van der Waals surface area contributed by atoms with Gasteiger partial charge in [0.05, 0.1) is 10.6 Å². The second-order valence-electron chi connectivity index (χ2n) is 4.78. The molecule has 0 aliphatic heterocycles. The Hall–Kier alpha value is -1.95. The fourth-order valence-corrected chi connectivity index (χ4v) is 3.90. The van der Waals surface area contributed by atoms with E-state index in [1.807, 2.05) is 10.5 Å². The summed E-state index contributed by atoms with van der Waals surface area (Å²) in [5.74, 6) is 0.819. The van der Waals surface area contributed by atoms with Crippen LogP contribution in [-0.4, -0.2) is 19.6 Å². The maximum Gasteiger partial charge on any atom is 0.172 e. The Balaban J connectivity index is 2.00. The second-order valence-corrected chi connectivity index (χ2v) is 5.92. The number of nitrogen functional groups attached to an aromatic ring is 1. The zero-order valence-electron chi connectivity index (χ0n) is 10.3. The third-order valence-electron chi connectivity index (χ3n) is 3.64. The predicted octanol–water partition coefficient (Wildman–Crippen LogP) is 2.31. The first-order chi connectivity index (χ1) is 9.34. The first-order valence-electron chi connectivity index (χ1n) is 6.40. The molecule has 3 heterocycles. The highest BCUT2D eigenvalue weighted by Crippen LogP contribution is 2.41. The van der Waals surface area contributed by atoms with Gasteiger partial charge in [0.1, 0.15) is 6.33 Å². The van der Waals surface area contributed by atoms with E-state index in [1.165, 1.54) is 23.3 Å². The van der Waals surface area contributed by atoms with E-state index < -0.39 is 0 Å². The van der Waals surface area contributed by atoms with Crippen LogP contribution in [0.15, 0.2) is 18.6 Å². The normalized spacial score (nSPS) is 14.7. The average Bonchev–Trinajstić information content (AvgIpc) is 2.98. The van der Waals surface area contributed by atoms with E-state index in [-0.39, 0.29) is 0 Å². The Kier molecular flexibility index (Phi) is 2.32. The molecule has 3 aromatic heterocycles. The van der Waals surface area contributed by atoms with Crippen LogP contribution in [-0.2, 0) is 12.8 Å². The quantitative estimate of drug-likeness (QED) is 0.737. The summed E-state index contributed by atoms with van der Waals surface area (Å²) in [6, 6.07) is 1.85. The third kappa shape index (κ3) is 1.56. The summed E-state index contributed by atoms with van der Waals surface area (Å²) in [5, 5.41) is 9.34. The minimum Gasteiger partial charge on any atom is -0.390 e. The number of hydrogen-bond donors (Lipinski definition) is 1. The Labute approximate surface area is 114 Å². The number of rotatable bonds is 1. The van der Waals surface area contributed by atoms with Crippen molar-refractivity contribution in [3.63, 3.8) is 0 Å². The van der Waals surface area contributed by atoms with Crippen molar-refractivity contribution in [3.8, 4) is 11.4 Å². The van der Waals surface area contributed by atoms with Crippen molar-refractivity contribution < 1.29 is 0 Å². The van der Waals surface area contributed by atoms with E-state index >= 15 is 0 Å². The van der Waals surface area contributed by atoms with Crippen molar-refractivity contribution in [1.82, 2.24) is 19.6 Å². The first-order valence-corrected chi connectivity index (χ1v) is 7.21. The highest BCUT2D eigenvalue weighted by Gasteiger charge is 2.23. The van der Waals surface area contributed by atoms with Gasteiger partial charge in [-0.15, -0.1) is 21.5 Å². The van der Waals surface area contributed by atoms with E-state index in [2.05, 4.69) is 15.2 Å². The number of hydrogen-bond acceptors (Lipinski definition) is 5. The molecule has 0 bridgehead atoms. The van der Waals surface area contributed by atoms with Gasteiger partial charge in [-0.1, -0.05) is 0 Å². The molecular weight excluding hydrogens is 258 g/mol. The molecule has 4 rings (SSSR count). The SMILES string of the molecule is Nc1sc2c(c1-c1nnc3ccncn13)CCCC2. The molecular formula is C13H13N5S. The molecule has 0 aromatic carbocycles. The number of aryl methyl sites for hydroxylation is 1. The predicted molar refractivity (Wildman–Crippen MR) is 75.1 cm³/mol. The summed E-state index contributed by atoms with van der Waals surface area (Å²) >= 11 is 1.70. The van der Waals surface area contributed by atoms with Crippen LogP contribution in [0.2, 0.25) is 0 Å². The van der Waals surface area contributed by atoms with E-state index in [4.69, 9.17) is 5.73 Å². The standard InChI is InChI=1S/C13H13N5S/c14-12-11(8-3-1-2-4-9(8)19-12)13-17-16-10-5-6-15-7-18(10)13/h5-7H,1-4,14H2. The molecule has 0 amide bonds. The largest absolute Gasteiger partial charge is 0.390 e. The molecule has 1 aliphatic rings. The molecule has 0 radical (unpaired) electrons. The fourth-order valence-electron chi connectivity index (χ4n) is 2.75. The van der Waals surface area contributed by atoms with Gasteiger partial charge in [-0.05, 0) is 31.2 Å². The molecule has 0 atom stereocenters. The molecule has 96 valence electrons. The molecule has 19 heavy (non-hydrogen) atoms. The van der Waals surface area contributed by atoms with E-state index in [9.17, 15) is 0 Å². The Morgan fingerprint density at radius 3 is 3.05 bits per heavy atom. The van der Waals surface area contributed by atoms with Crippen LogP contribution in [0.1, 0.15) is 23.3 Å². The van der Waals surface area contributed by atoms with Crippen molar-refractivity contribution in [2.24, 2.45) is 0 Å². The number of thiophene rings is 1. The number of anilines is 1. The monoisotopic (exact) mass is 271 g/mol. The molecule has 0 fully saturated rings. The zero-order chi connectivity index (χ0) is 12.8. The first kappa shape index (κ1) is 10.9. The summed E-state index contributed by atoms with van der Waals surface area (Å²) in [6.07, 6.45) is 8.18. The Morgan fingerprint density at radius 1 is 1.21 bits per heavy atom. The van der Waals surface area contributed by atoms with Crippen LogP contribution >= 0.6 is 11.3 Å². The average molecular weight is 271 g/mol. The number of fused-ring (bicyclic) bond motifs is 2. The molecule has 0 saturated heterocycles. The van der Waals surface area contributed by atoms with Gasteiger partial charge in [-0.2, -0.15) is 0 Å². The van der Waals surface area contributed by atoms with E-state index in [0.29, 0.717) is 0 Å². The second kappa shape index (κ2) is 4.03. The minimum atomic E-state index is 0.806. The lowest BCUT2D eigenvalue weighted by Gasteiger charge is -2.11. The molecule has 6 heteroatoms. The van der Waals surface area contributed by atoms with Crippen LogP contribution in [0, 0.1) is 0 Å². The van der Waals surface area contributed by atoms with Crippen molar-refractivity contribution in [2.45, 2.75) is 25.7 Å². The maximum atomic E-state index is 6.22. The van der Waals surface area contributed by atoms with Gasteiger partial charge < -0.3 is 5.73 Å². The molecule has 2 N–H and O–H groups in total. The highest BCUT2D eigenvalue weighted by atomic mass is 32.1. The van der Waals surface area contributed by atoms with Gasteiger partial charge in [0.25, 0.3) is 0 Å². The lowest BCUT2D eigenvalue weighted by Crippen LogP contribution is -2.01. The summed E-state index contributed by atoms with van der Waals surface area (Å²) in [7, 11) is 0. The van der Waals surface area contributed by atoms with Gasteiger partial charge in [0, 0.05) is 17.1 Å². The maximum absolute atomic E-state index is 6.22. The molecule has 0 unspecified atom stereocenters. The topological polar surface area (TPSA) is 69.1 Å². The fraction of sp³-hybridized carbons (Fsp3) is 0.308. The minimum absolute atomic E-state index is 0.806. The molecule has 0 spiro atoms. The van der Waals surface area contributed by atoms with Crippen LogP contribution in [0.4, 0.5) is 5.00 Å². The van der Waals surface area contributed by atoms with E-state index in [1.54, 1.807) is 23.9 Å². The summed E-state index contributed by atoms with van der Waals surface area (Å²) in [5.41, 5.74) is 9.46. The number of nitrogens with zero attached hydrogens (tertiary/aromatic N) is 4. The van der Waals surface area contributed by atoms with Gasteiger partial charge in [0.2, 0.25) is 0 Å². The van der Waals surface area contributed by atoms with Gasteiger partial charge in [0.15, 0.2) is 11.5 Å². The van der Waals surface area contributed by atoms with Crippen LogP contribution < -0.4 is 5.73 Å². The lowest BCUT2D eigenvalue weighted by atomic mass is 9.95. The molecule has 0 saturated carbocycles. The highest BCUT2D eigenvalue weighted by molar-refractivity contribution is 7.16. The van der Waals surface area contributed by atoms with Crippen LogP contribution in [0.25, 0.3) is 17.0 Å². The lowest BCUT2D eigenvalue weighted by molar-refractivity contribution is 0.697. The van der Waals surface area contributed by atoms with Crippen molar-refractivity contribution in [1.29, 1.82) is 0 Å². The molecule has 3 aromatic rings. The smallest absolute Gasteiger partial charge is 0.172 e. The van der Waals surface area contributed by atoms with Crippen molar-refractivity contribution in [2.75, 3.05) is 5.73 Å². The summed E-state index contributed by atoms with van der Waals surface area (Å²) in [6.45, 7) is 0. The van der Waals surface area contributed by atoms with Crippen LogP contribution in [0.5, 0.6) is 0 Å². The summed E-state index contributed by atoms with van der Waals surface area (Å²) < 4.78 is 1.91. The van der Waals surface area contributed by atoms with Crippen molar-refractivity contribution >= 4 is 22.0 Å². The number of nitrogens with two attached hydrogens (primary N) is 1. The van der Waals surface area contributed by atoms with E-state index in [0.717, 1.165) is 34.9 Å². The van der Waals surface area contributed by atoms with Gasteiger partial charge in [-0.25, -0.2) is 4.98 Å². The van der Waals surface area contributed by atoms with Crippen LogP contribution in [0.3, 0.4) is 0 Å². The van der Waals surface area contributed by atoms with Gasteiger partial charge >= 0.3 is 0 Å². The number of aromatic nitrogens is 4. The zero-order valence-corrected chi connectivity index (χ0v) is 11.2. The molecule has 5 nitrogen and oxygen atoms in total.